The summed E-state index contributed by atoms with van der Waals surface area (Å²) in [7, 11) is -1.58. The van der Waals surface area contributed by atoms with Crippen LogP contribution in [0.2, 0.25) is 0 Å². The zero-order valence-corrected chi connectivity index (χ0v) is 16.2. The topological polar surface area (TPSA) is 90.0 Å². The Morgan fingerprint density at radius 1 is 1.31 bits per heavy atom. The maximum Gasteiger partial charge on any atom is 0.338 e. The van der Waals surface area contributed by atoms with Crippen LogP contribution in [0.15, 0.2) is 18.2 Å². The first-order valence-corrected chi connectivity index (χ1v) is 10.4. The molecule has 1 saturated heterocycles. The van der Waals surface area contributed by atoms with Crippen LogP contribution in [0.5, 0.6) is 5.75 Å². The number of amides is 1. The average molecular weight is 383 g/mol. The Morgan fingerprint density at radius 3 is 2.62 bits per heavy atom. The summed E-state index contributed by atoms with van der Waals surface area (Å²) in [6.07, 6.45) is 1.13. The first kappa shape index (κ1) is 20.2. The first-order chi connectivity index (χ1) is 12.3. The Labute approximate surface area is 154 Å². The lowest BCUT2D eigenvalue weighted by Crippen LogP contribution is -2.43. The van der Waals surface area contributed by atoms with E-state index in [1.54, 1.807) is 18.2 Å². The van der Waals surface area contributed by atoms with Crippen LogP contribution < -0.4 is 4.74 Å². The van der Waals surface area contributed by atoms with Crippen LogP contribution in [0, 0.1) is 6.92 Å². The number of methoxy groups -OCH3 is 1. The number of sulfone groups is 1. The number of nitrogens with zero attached hydrogens (tertiary/aromatic N) is 1. The van der Waals surface area contributed by atoms with E-state index in [4.69, 9.17) is 9.47 Å². The molecule has 1 heterocycles. The maximum absolute atomic E-state index is 12.5. The van der Waals surface area contributed by atoms with Gasteiger partial charge in [0, 0.05) is 12.6 Å². The van der Waals surface area contributed by atoms with E-state index < -0.39 is 22.4 Å². The van der Waals surface area contributed by atoms with E-state index in [1.165, 1.54) is 12.0 Å². The molecule has 7 nitrogen and oxygen atoms in total. The smallest absolute Gasteiger partial charge is 0.338 e. The summed E-state index contributed by atoms with van der Waals surface area (Å²) in [5, 5.41) is 0. The largest absolute Gasteiger partial charge is 0.496 e. The van der Waals surface area contributed by atoms with Crippen molar-refractivity contribution in [2.45, 2.75) is 32.7 Å². The van der Waals surface area contributed by atoms with Crippen LogP contribution in [0.3, 0.4) is 0 Å². The molecule has 144 valence electrons. The van der Waals surface area contributed by atoms with Gasteiger partial charge in [-0.2, -0.15) is 0 Å². The van der Waals surface area contributed by atoms with Crippen molar-refractivity contribution in [2.75, 3.05) is 31.8 Å². The molecule has 0 unspecified atom stereocenters. The number of benzene rings is 1. The highest BCUT2D eigenvalue weighted by Crippen LogP contribution is 2.20. The average Bonchev–Trinajstić information content (AvgIpc) is 2.97. The van der Waals surface area contributed by atoms with Gasteiger partial charge in [-0.15, -0.1) is 0 Å². The first-order valence-electron chi connectivity index (χ1n) is 8.59. The van der Waals surface area contributed by atoms with Crippen LogP contribution in [0.4, 0.5) is 0 Å². The lowest BCUT2D eigenvalue weighted by Gasteiger charge is -2.27. The van der Waals surface area contributed by atoms with E-state index in [0.717, 1.165) is 5.56 Å². The van der Waals surface area contributed by atoms with E-state index in [2.05, 4.69) is 0 Å². The molecule has 0 bridgehead atoms. The quantitative estimate of drug-likeness (QED) is 0.664. The molecule has 1 aliphatic heterocycles. The molecule has 0 radical (unpaired) electrons. The molecule has 2 rings (SSSR count). The third kappa shape index (κ3) is 4.97. The van der Waals surface area contributed by atoms with E-state index in [1.807, 2.05) is 13.8 Å². The second-order valence-corrected chi connectivity index (χ2v) is 8.63. The molecule has 0 N–H and O–H groups in total. The minimum Gasteiger partial charge on any atom is -0.496 e. The maximum atomic E-state index is 12.5. The van der Waals surface area contributed by atoms with Crippen molar-refractivity contribution in [1.82, 2.24) is 4.90 Å². The highest BCUT2D eigenvalue weighted by Gasteiger charge is 2.34. The fraction of sp³-hybridized carbons (Fsp3) is 0.556. The second kappa shape index (κ2) is 8.53. The molecule has 0 saturated carbocycles. The van der Waals surface area contributed by atoms with E-state index in [-0.39, 0.29) is 23.5 Å². The Hall–Kier alpha value is -2.09. The third-order valence-electron chi connectivity index (χ3n) is 4.40. The highest BCUT2D eigenvalue weighted by atomic mass is 32.2. The second-order valence-electron chi connectivity index (χ2n) is 6.40. The molecule has 26 heavy (non-hydrogen) atoms. The van der Waals surface area contributed by atoms with Crippen molar-refractivity contribution in [1.29, 1.82) is 0 Å². The minimum atomic E-state index is -3.09. The van der Waals surface area contributed by atoms with Gasteiger partial charge in [-0.3, -0.25) is 4.79 Å². The number of carbonyl (C=O) groups excluding carboxylic acids is 2. The van der Waals surface area contributed by atoms with Gasteiger partial charge in [-0.25, -0.2) is 13.2 Å². The van der Waals surface area contributed by atoms with Crippen molar-refractivity contribution in [3.63, 3.8) is 0 Å². The van der Waals surface area contributed by atoms with Gasteiger partial charge in [-0.1, -0.05) is 13.0 Å². The number of aryl methyl sites for hydroxylation is 1. The van der Waals surface area contributed by atoms with E-state index >= 15 is 0 Å². The van der Waals surface area contributed by atoms with Gasteiger partial charge in [0.05, 0.1) is 24.2 Å². The number of hydrogen-bond acceptors (Lipinski definition) is 6. The van der Waals surface area contributed by atoms with Crippen LogP contribution in [0.25, 0.3) is 0 Å². The summed E-state index contributed by atoms with van der Waals surface area (Å²) < 4.78 is 33.7. The van der Waals surface area contributed by atoms with Gasteiger partial charge in [0.1, 0.15) is 5.75 Å². The van der Waals surface area contributed by atoms with Gasteiger partial charge in [-0.05, 0) is 37.5 Å². The molecule has 1 aromatic rings. The zero-order valence-electron chi connectivity index (χ0n) is 15.4. The predicted octanol–water partition coefficient (Wildman–Crippen LogP) is 1.59. The predicted molar refractivity (Wildman–Crippen MR) is 97.1 cm³/mol. The van der Waals surface area contributed by atoms with Crippen molar-refractivity contribution >= 4 is 21.7 Å². The molecule has 1 aliphatic rings. The Balaban J connectivity index is 2.00. The lowest BCUT2D eigenvalue weighted by atomic mass is 10.1. The molecular weight excluding hydrogens is 358 g/mol. The third-order valence-corrected chi connectivity index (χ3v) is 6.15. The van der Waals surface area contributed by atoms with Crippen LogP contribution in [-0.4, -0.2) is 63.0 Å². The standard InChI is InChI=1S/C18H25NO6S/c1-4-8-19(15-7-9-26(22,23)12-15)17(20)11-25-18(21)14-6-5-13(2)16(10-14)24-3/h5-6,10,15H,4,7-9,11-12H2,1-3H3/t15-/m1/s1. The van der Waals surface area contributed by atoms with Gasteiger partial charge in [0.15, 0.2) is 16.4 Å². The van der Waals surface area contributed by atoms with Crippen LogP contribution in [0.1, 0.15) is 35.7 Å². The van der Waals surface area contributed by atoms with Crippen molar-refractivity contribution in [3.8, 4) is 5.75 Å². The number of hydrogen-bond donors (Lipinski definition) is 0. The molecule has 1 fully saturated rings. The summed E-state index contributed by atoms with van der Waals surface area (Å²) >= 11 is 0. The molecule has 1 amide bonds. The summed E-state index contributed by atoms with van der Waals surface area (Å²) in [4.78, 5) is 26.2. The van der Waals surface area contributed by atoms with Gasteiger partial charge in [0.2, 0.25) is 0 Å². The van der Waals surface area contributed by atoms with Crippen molar-refractivity contribution in [2.24, 2.45) is 0 Å². The fourth-order valence-corrected chi connectivity index (χ4v) is 4.74. The molecule has 0 spiro atoms. The molecular formula is C18H25NO6S. The minimum absolute atomic E-state index is 0.0259. The monoisotopic (exact) mass is 383 g/mol. The van der Waals surface area contributed by atoms with Gasteiger partial charge < -0.3 is 14.4 Å². The number of rotatable bonds is 7. The SMILES string of the molecule is CCCN(C(=O)COC(=O)c1ccc(C)c(OC)c1)[C@@H]1CCS(=O)(=O)C1. The van der Waals surface area contributed by atoms with Crippen molar-refractivity contribution in [3.05, 3.63) is 29.3 Å². The molecule has 0 aromatic heterocycles. The zero-order chi connectivity index (χ0) is 19.3. The Morgan fingerprint density at radius 2 is 2.04 bits per heavy atom. The molecule has 0 aliphatic carbocycles. The van der Waals surface area contributed by atoms with Crippen LogP contribution >= 0.6 is 0 Å². The Bertz CT molecular complexity index is 774. The molecule has 1 aromatic carbocycles. The lowest BCUT2D eigenvalue weighted by molar-refractivity contribution is -0.136. The summed E-state index contributed by atoms with van der Waals surface area (Å²) in [5.74, 6) is -0.362. The number of carbonyl (C=O) groups is 2. The summed E-state index contributed by atoms with van der Waals surface area (Å²) in [6, 6.07) is 4.57. The normalized spacial score (nSPS) is 18.3. The Kier molecular flexibility index (Phi) is 6.63. The van der Waals surface area contributed by atoms with Gasteiger partial charge in [0.25, 0.3) is 5.91 Å². The molecule has 1 atom stereocenters. The number of ether oxygens (including phenoxy) is 2. The summed E-state index contributed by atoms with van der Waals surface area (Å²) in [6.45, 7) is 3.80. The summed E-state index contributed by atoms with van der Waals surface area (Å²) in [5.41, 5.74) is 1.18. The van der Waals surface area contributed by atoms with Gasteiger partial charge >= 0.3 is 5.97 Å². The van der Waals surface area contributed by atoms with E-state index in [9.17, 15) is 18.0 Å². The fourth-order valence-electron chi connectivity index (χ4n) is 3.01. The van der Waals surface area contributed by atoms with Crippen molar-refractivity contribution < 1.29 is 27.5 Å². The number of esters is 1. The highest BCUT2D eigenvalue weighted by molar-refractivity contribution is 7.91. The molecule has 8 heteroatoms. The van der Waals surface area contributed by atoms with E-state index in [0.29, 0.717) is 30.7 Å². The van der Waals surface area contributed by atoms with Crippen LogP contribution in [-0.2, 0) is 19.4 Å².